The van der Waals surface area contributed by atoms with Crippen LogP contribution in [0.15, 0.2) is 198 Å². The van der Waals surface area contributed by atoms with E-state index in [-0.39, 0.29) is 0 Å². The van der Waals surface area contributed by atoms with Gasteiger partial charge in [0.15, 0.2) is 0 Å². The Hall–Kier alpha value is -6.58. The number of fused-ring (bicyclic) bond motifs is 7. The molecular weight excluding hydrogens is 621 g/mol. The van der Waals surface area contributed by atoms with Gasteiger partial charge in [0, 0.05) is 44.8 Å². The van der Waals surface area contributed by atoms with Gasteiger partial charge in [-0.1, -0.05) is 121 Å². The van der Waals surface area contributed by atoms with Crippen LogP contribution < -0.4 is 4.90 Å². The molecule has 2 aromatic heterocycles. The molecule has 10 rings (SSSR count). The van der Waals surface area contributed by atoms with Gasteiger partial charge in [0.2, 0.25) is 0 Å². The van der Waals surface area contributed by atoms with E-state index < -0.39 is 0 Å². The van der Waals surface area contributed by atoms with Crippen molar-refractivity contribution in [1.82, 2.24) is 4.57 Å². The fourth-order valence-corrected chi connectivity index (χ4v) is 7.89. The number of nitrogens with zero attached hydrogens (tertiary/aromatic N) is 2. The van der Waals surface area contributed by atoms with Crippen molar-refractivity contribution in [1.29, 1.82) is 0 Å². The lowest BCUT2D eigenvalue weighted by Gasteiger charge is -2.29. The van der Waals surface area contributed by atoms with Crippen molar-refractivity contribution in [2.75, 3.05) is 4.90 Å². The van der Waals surface area contributed by atoms with E-state index in [1.165, 1.54) is 44.2 Å². The number of furan rings is 1. The van der Waals surface area contributed by atoms with Crippen LogP contribution in [0.4, 0.5) is 11.4 Å². The summed E-state index contributed by atoms with van der Waals surface area (Å²) in [6.45, 7) is 0. The minimum absolute atomic E-state index is 0.394. The van der Waals surface area contributed by atoms with E-state index in [0.717, 1.165) is 45.4 Å². The van der Waals surface area contributed by atoms with Crippen LogP contribution in [0.2, 0.25) is 0 Å². The van der Waals surface area contributed by atoms with Crippen LogP contribution in [0, 0.1) is 0 Å². The zero-order valence-corrected chi connectivity index (χ0v) is 28.0. The maximum absolute atomic E-state index is 6.32. The lowest BCUT2D eigenvalue weighted by molar-refractivity contribution is 0.669. The van der Waals surface area contributed by atoms with E-state index in [1.807, 2.05) is 6.07 Å². The number of anilines is 2. The summed E-state index contributed by atoms with van der Waals surface area (Å²) >= 11 is 0. The summed E-state index contributed by atoms with van der Waals surface area (Å²) in [5.41, 5.74) is 12.5. The molecule has 242 valence electrons. The van der Waals surface area contributed by atoms with Crippen molar-refractivity contribution in [3.8, 4) is 16.8 Å². The number of para-hydroxylation sites is 3. The van der Waals surface area contributed by atoms with Gasteiger partial charge in [0.05, 0.1) is 16.4 Å². The van der Waals surface area contributed by atoms with Crippen molar-refractivity contribution in [2.24, 2.45) is 0 Å². The minimum atomic E-state index is 0.394. The first kappa shape index (κ1) is 29.3. The molecule has 1 unspecified atom stereocenters. The highest BCUT2D eigenvalue weighted by molar-refractivity contribution is 6.24. The maximum atomic E-state index is 6.32. The van der Waals surface area contributed by atoms with E-state index in [2.05, 4.69) is 191 Å². The Morgan fingerprint density at radius 2 is 1.18 bits per heavy atom. The van der Waals surface area contributed by atoms with Crippen molar-refractivity contribution in [2.45, 2.75) is 12.3 Å². The van der Waals surface area contributed by atoms with Crippen molar-refractivity contribution in [3.63, 3.8) is 0 Å². The highest BCUT2D eigenvalue weighted by Gasteiger charge is 2.20. The van der Waals surface area contributed by atoms with Crippen molar-refractivity contribution >= 4 is 55.1 Å². The quantitative estimate of drug-likeness (QED) is 0.178. The van der Waals surface area contributed by atoms with Crippen LogP contribution in [0.3, 0.4) is 0 Å². The standard InChI is InChI=1S/C48H34N2O/c1-3-11-33(12-4-1)34-19-25-38(26-20-34)49(37-13-5-2-6-14-37)39-27-21-35(22-28-39)36-23-29-40(30-24-36)50-44-17-9-7-15-41(44)42-31-32-46-47(48(42)50)43-16-8-10-18-45(43)51-46/h1-19,21-32,34H,20H2. The molecule has 1 atom stereocenters. The molecule has 0 aliphatic heterocycles. The third kappa shape index (κ3) is 4.97. The zero-order chi connectivity index (χ0) is 33.7. The van der Waals surface area contributed by atoms with Gasteiger partial charge in [-0.2, -0.15) is 0 Å². The van der Waals surface area contributed by atoms with Gasteiger partial charge in [-0.3, -0.25) is 0 Å². The SMILES string of the molecule is C1=CC(c2ccccc2)CC=C1N(c1ccccc1)c1ccc(-c2ccc(-n3c4ccccc4c4ccc5oc6ccccc6c5c43)cc2)cc1. The van der Waals surface area contributed by atoms with Crippen LogP contribution in [0.5, 0.6) is 0 Å². The predicted octanol–water partition coefficient (Wildman–Crippen LogP) is 13.1. The summed E-state index contributed by atoms with van der Waals surface area (Å²) in [7, 11) is 0. The van der Waals surface area contributed by atoms with E-state index in [4.69, 9.17) is 4.42 Å². The zero-order valence-electron chi connectivity index (χ0n) is 28.0. The first-order valence-corrected chi connectivity index (χ1v) is 17.6. The number of hydrogen-bond acceptors (Lipinski definition) is 2. The number of hydrogen-bond donors (Lipinski definition) is 0. The molecule has 3 heteroatoms. The van der Waals surface area contributed by atoms with Gasteiger partial charge in [0.1, 0.15) is 11.2 Å². The molecule has 0 radical (unpaired) electrons. The Bertz CT molecular complexity index is 2750. The molecule has 1 aliphatic carbocycles. The van der Waals surface area contributed by atoms with Crippen molar-refractivity contribution < 1.29 is 4.42 Å². The molecule has 2 heterocycles. The van der Waals surface area contributed by atoms with Gasteiger partial charge in [0.25, 0.3) is 0 Å². The molecule has 0 spiro atoms. The highest BCUT2D eigenvalue weighted by Crippen LogP contribution is 2.41. The van der Waals surface area contributed by atoms with Crippen LogP contribution >= 0.6 is 0 Å². The summed E-state index contributed by atoms with van der Waals surface area (Å²) in [5.74, 6) is 0.394. The number of allylic oxidation sites excluding steroid dienone is 3. The van der Waals surface area contributed by atoms with Gasteiger partial charge in [-0.25, -0.2) is 0 Å². The Balaban J connectivity index is 1.01. The largest absolute Gasteiger partial charge is 0.456 e. The number of aromatic nitrogens is 1. The number of rotatable bonds is 6. The maximum Gasteiger partial charge on any atom is 0.137 e. The second-order valence-corrected chi connectivity index (χ2v) is 13.3. The molecule has 0 N–H and O–H groups in total. The second kappa shape index (κ2) is 12.1. The molecule has 51 heavy (non-hydrogen) atoms. The average molecular weight is 655 g/mol. The highest BCUT2D eigenvalue weighted by atomic mass is 16.3. The van der Waals surface area contributed by atoms with Crippen LogP contribution in [-0.2, 0) is 0 Å². The van der Waals surface area contributed by atoms with E-state index in [9.17, 15) is 0 Å². The molecule has 1 aliphatic rings. The third-order valence-electron chi connectivity index (χ3n) is 10.3. The molecule has 0 saturated carbocycles. The Labute approximate surface area is 296 Å². The molecule has 0 fully saturated rings. The average Bonchev–Trinajstić information content (AvgIpc) is 3.75. The number of benzene rings is 7. The fraction of sp³-hybridized carbons (Fsp3) is 0.0417. The molecule has 3 nitrogen and oxygen atoms in total. The monoisotopic (exact) mass is 654 g/mol. The summed E-state index contributed by atoms with van der Waals surface area (Å²) in [5, 5.41) is 4.76. The smallest absolute Gasteiger partial charge is 0.137 e. The molecular formula is C48H34N2O. The van der Waals surface area contributed by atoms with Gasteiger partial charge in [-0.15, -0.1) is 0 Å². The fourth-order valence-electron chi connectivity index (χ4n) is 7.89. The molecule has 7 aromatic carbocycles. The molecule has 9 aromatic rings. The normalized spacial score (nSPS) is 14.4. The molecule has 0 amide bonds. The van der Waals surface area contributed by atoms with E-state index in [0.29, 0.717) is 5.92 Å². The summed E-state index contributed by atoms with van der Waals surface area (Å²) in [4.78, 5) is 2.35. The first-order chi connectivity index (χ1) is 25.3. The third-order valence-corrected chi connectivity index (χ3v) is 10.3. The van der Waals surface area contributed by atoms with Gasteiger partial charge < -0.3 is 13.9 Å². The minimum Gasteiger partial charge on any atom is -0.456 e. The molecule has 0 saturated heterocycles. The van der Waals surface area contributed by atoms with Gasteiger partial charge in [-0.05, 0) is 89.9 Å². The van der Waals surface area contributed by atoms with Crippen LogP contribution in [0.1, 0.15) is 17.9 Å². The van der Waals surface area contributed by atoms with Gasteiger partial charge >= 0.3 is 0 Å². The molecule has 0 bridgehead atoms. The summed E-state index contributed by atoms with van der Waals surface area (Å²) in [6.07, 6.45) is 7.95. The van der Waals surface area contributed by atoms with Crippen LogP contribution in [-0.4, -0.2) is 4.57 Å². The topological polar surface area (TPSA) is 21.3 Å². The second-order valence-electron chi connectivity index (χ2n) is 13.3. The van der Waals surface area contributed by atoms with Crippen molar-refractivity contribution in [3.05, 3.63) is 199 Å². The summed E-state index contributed by atoms with van der Waals surface area (Å²) < 4.78 is 8.71. The lowest BCUT2D eigenvalue weighted by Crippen LogP contribution is -2.17. The summed E-state index contributed by atoms with van der Waals surface area (Å²) in [6, 6.07) is 60.7. The predicted molar refractivity (Wildman–Crippen MR) is 213 cm³/mol. The lowest BCUT2D eigenvalue weighted by atomic mass is 9.91. The Kier molecular flexibility index (Phi) is 6.95. The first-order valence-electron chi connectivity index (χ1n) is 17.6. The van der Waals surface area contributed by atoms with E-state index in [1.54, 1.807) is 0 Å². The van der Waals surface area contributed by atoms with E-state index >= 15 is 0 Å². The Morgan fingerprint density at radius 1 is 0.529 bits per heavy atom. The van der Waals surface area contributed by atoms with Crippen LogP contribution in [0.25, 0.3) is 60.6 Å². The Morgan fingerprint density at radius 3 is 1.92 bits per heavy atom.